The zero-order valence-corrected chi connectivity index (χ0v) is 17.5. The van der Waals surface area contributed by atoms with Crippen LogP contribution in [0.15, 0.2) is 30.5 Å². The fourth-order valence-corrected chi connectivity index (χ4v) is 4.81. The Balaban J connectivity index is 1.36. The van der Waals surface area contributed by atoms with Gasteiger partial charge in [0, 0.05) is 30.1 Å². The van der Waals surface area contributed by atoms with Crippen molar-refractivity contribution in [2.45, 2.75) is 37.4 Å². The number of fused-ring (bicyclic) bond motifs is 2. The van der Waals surface area contributed by atoms with Crippen LogP contribution >= 0.6 is 0 Å². The maximum atomic E-state index is 13.2. The molecule has 4 heterocycles. The number of carbonyl (C=O) groups is 4. The first-order chi connectivity index (χ1) is 15.8. The number of nitrogens with one attached hydrogen (secondary N) is 2. The zero-order chi connectivity index (χ0) is 23.3. The lowest BCUT2D eigenvalue weighted by Gasteiger charge is -2.44. The monoisotopic (exact) mass is 450 g/mol. The summed E-state index contributed by atoms with van der Waals surface area (Å²) in [6.45, 7) is 0.288. The number of rotatable bonds is 5. The highest BCUT2D eigenvalue weighted by Gasteiger charge is 2.45. The van der Waals surface area contributed by atoms with E-state index in [1.807, 2.05) is 30.5 Å². The number of nitrogens with two attached hydrogens (primary N) is 2. The normalized spacial score (nSPS) is 22.8. The standard InChI is InChI=1S/C21H22N8O4/c22-18(30)16-17(19(23)31)29(27-26-16)11-5-6-28-15(8-11)20(32)25-14(21(28)33)7-10-9-24-13-4-2-1-3-12(10)13/h1-4,9,11,14-15,24H,5-8H2,(H2,22,30)(H2,23,31)(H,25,32). The molecule has 6 N–H and O–H groups in total. The Bertz CT molecular complexity index is 1290. The lowest BCUT2D eigenvalue weighted by molar-refractivity contribution is -0.152. The summed E-state index contributed by atoms with van der Waals surface area (Å²) in [7, 11) is 0. The van der Waals surface area contributed by atoms with E-state index in [0.29, 0.717) is 12.8 Å². The summed E-state index contributed by atoms with van der Waals surface area (Å²) in [6.07, 6.45) is 2.85. The number of benzene rings is 1. The van der Waals surface area contributed by atoms with E-state index in [2.05, 4.69) is 20.6 Å². The predicted molar refractivity (Wildman–Crippen MR) is 115 cm³/mol. The summed E-state index contributed by atoms with van der Waals surface area (Å²) in [6, 6.07) is 5.94. The number of piperazine rings is 1. The first-order valence-electron chi connectivity index (χ1n) is 10.6. The van der Waals surface area contributed by atoms with E-state index in [-0.39, 0.29) is 36.2 Å². The molecule has 33 heavy (non-hydrogen) atoms. The largest absolute Gasteiger partial charge is 0.364 e. The van der Waals surface area contributed by atoms with E-state index < -0.39 is 29.9 Å². The Hall–Kier alpha value is -4.22. The number of para-hydroxylation sites is 1. The molecule has 3 atom stereocenters. The number of hydrogen-bond acceptors (Lipinski definition) is 6. The molecule has 0 spiro atoms. The van der Waals surface area contributed by atoms with Gasteiger partial charge >= 0.3 is 0 Å². The number of H-pyrrole nitrogens is 1. The molecule has 0 bridgehead atoms. The van der Waals surface area contributed by atoms with E-state index in [1.165, 1.54) is 4.68 Å². The van der Waals surface area contributed by atoms with Crippen LogP contribution in [0.5, 0.6) is 0 Å². The SMILES string of the molecule is NC(=O)c1nnn(C2CCN3C(=O)C(Cc4c[nH]c5ccccc45)NC(=O)C3C2)c1C(N)=O. The van der Waals surface area contributed by atoms with Crippen molar-refractivity contribution in [1.82, 2.24) is 30.2 Å². The maximum Gasteiger partial charge on any atom is 0.271 e. The highest BCUT2D eigenvalue weighted by Crippen LogP contribution is 2.31. The smallest absolute Gasteiger partial charge is 0.271 e. The van der Waals surface area contributed by atoms with Gasteiger partial charge in [0.2, 0.25) is 11.8 Å². The number of aromatic amines is 1. The Labute approximate surface area is 187 Å². The number of primary amides is 2. The maximum absolute atomic E-state index is 13.2. The van der Waals surface area contributed by atoms with Crippen LogP contribution in [-0.4, -0.2) is 67.1 Å². The molecule has 1 aromatic carbocycles. The fraction of sp³-hybridized carbons (Fsp3) is 0.333. The summed E-state index contributed by atoms with van der Waals surface area (Å²) >= 11 is 0. The molecule has 0 aliphatic carbocycles. The molecule has 5 rings (SSSR count). The first-order valence-corrected chi connectivity index (χ1v) is 10.6. The lowest BCUT2D eigenvalue weighted by atomic mass is 9.91. The third-order valence-corrected chi connectivity index (χ3v) is 6.38. The molecule has 0 saturated carbocycles. The molecule has 2 aromatic heterocycles. The lowest BCUT2D eigenvalue weighted by Crippen LogP contribution is -2.65. The molecular weight excluding hydrogens is 428 g/mol. The van der Waals surface area contributed by atoms with Gasteiger partial charge in [-0.05, 0) is 24.5 Å². The minimum Gasteiger partial charge on any atom is -0.364 e. The number of hydrogen-bond donors (Lipinski definition) is 4. The molecule has 3 unspecified atom stereocenters. The van der Waals surface area contributed by atoms with Gasteiger partial charge in [0.25, 0.3) is 11.8 Å². The summed E-state index contributed by atoms with van der Waals surface area (Å²) in [4.78, 5) is 54.4. The Morgan fingerprint density at radius 2 is 1.94 bits per heavy atom. The van der Waals surface area contributed by atoms with Gasteiger partial charge in [-0.15, -0.1) is 5.10 Å². The van der Waals surface area contributed by atoms with Crippen molar-refractivity contribution in [1.29, 1.82) is 0 Å². The summed E-state index contributed by atoms with van der Waals surface area (Å²) < 4.78 is 1.25. The van der Waals surface area contributed by atoms with Crippen molar-refractivity contribution in [3.63, 3.8) is 0 Å². The first kappa shape index (κ1) is 20.7. The predicted octanol–water partition coefficient (Wildman–Crippen LogP) is -0.770. The van der Waals surface area contributed by atoms with Crippen LogP contribution in [-0.2, 0) is 16.0 Å². The van der Waals surface area contributed by atoms with E-state index in [4.69, 9.17) is 11.5 Å². The van der Waals surface area contributed by atoms with Crippen LogP contribution in [0, 0.1) is 0 Å². The van der Waals surface area contributed by atoms with Crippen molar-refractivity contribution < 1.29 is 19.2 Å². The van der Waals surface area contributed by atoms with E-state index in [1.54, 1.807) is 4.90 Å². The summed E-state index contributed by atoms with van der Waals surface area (Å²) in [5.74, 6) is -2.24. The number of piperidine rings is 1. The third kappa shape index (κ3) is 3.39. The molecule has 2 fully saturated rings. The van der Waals surface area contributed by atoms with Crippen LogP contribution in [0.25, 0.3) is 10.9 Å². The van der Waals surface area contributed by atoms with E-state index in [9.17, 15) is 19.2 Å². The van der Waals surface area contributed by atoms with Gasteiger partial charge in [-0.2, -0.15) is 0 Å². The van der Waals surface area contributed by atoms with Gasteiger partial charge in [0.1, 0.15) is 12.1 Å². The Kier molecular flexibility index (Phi) is 4.84. The molecule has 3 aromatic rings. The van der Waals surface area contributed by atoms with Crippen molar-refractivity contribution in [3.05, 3.63) is 47.4 Å². The fourth-order valence-electron chi connectivity index (χ4n) is 4.81. The summed E-state index contributed by atoms with van der Waals surface area (Å²) in [5.41, 5.74) is 12.1. The van der Waals surface area contributed by atoms with Crippen LogP contribution in [0.3, 0.4) is 0 Å². The number of nitrogens with zero attached hydrogens (tertiary/aromatic N) is 4. The molecule has 12 heteroatoms. The van der Waals surface area contributed by atoms with Crippen molar-refractivity contribution >= 4 is 34.5 Å². The number of carbonyl (C=O) groups excluding carboxylic acids is 4. The third-order valence-electron chi connectivity index (χ3n) is 6.38. The van der Waals surface area contributed by atoms with Gasteiger partial charge in [0.05, 0.1) is 6.04 Å². The second kappa shape index (κ2) is 7.73. The molecule has 0 radical (unpaired) electrons. The topological polar surface area (TPSA) is 182 Å². The molecule has 12 nitrogen and oxygen atoms in total. The molecule has 170 valence electrons. The number of amides is 4. The van der Waals surface area contributed by atoms with Gasteiger partial charge in [-0.3, -0.25) is 19.2 Å². The van der Waals surface area contributed by atoms with E-state index in [0.717, 1.165) is 16.5 Å². The van der Waals surface area contributed by atoms with Gasteiger partial charge in [-0.1, -0.05) is 23.4 Å². The van der Waals surface area contributed by atoms with Gasteiger partial charge in [0.15, 0.2) is 11.4 Å². The Morgan fingerprint density at radius 1 is 1.15 bits per heavy atom. The van der Waals surface area contributed by atoms with Crippen LogP contribution in [0.1, 0.15) is 45.4 Å². The quantitative estimate of drug-likeness (QED) is 0.396. The van der Waals surface area contributed by atoms with Crippen LogP contribution in [0.4, 0.5) is 0 Å². The number of aromatic nitrogens is 4. The van der Waals surface area contributed by atoms with Gasteiger partial charge < -0.3 is 26.7 Å². The van der Waals surface area contributed by atoms with Gasteiger partial charge in [-0.25, -0.2) is 4.68 Å². The second-order valence-corrected chi connectivity index (χ2v) is 8.31. The molecule has 2 saturated heterocycles. The average molecular weight is 450 g/mol. The molecule has 2 aliphatic rings. The van der Waals surface area contributed by atoms with Crippen molar-refractivity contribution in [3.8, 4) is 0 Å². The van der Waals surface area contributed by atoms with E-state index >= 15 is 0 Å². The van der Waals surface area contributed by atoms with Crippen LogP contribution in [0.2, 0.25) is 0 Å². The molecule has 4 amide bonds. The average Bonchev–Trinajstić information content (AvgIpc) is 3.42. The molecule has 2 aliphatic heterocycles. The summed E-state index contributed by atoms with van der Waals surface area (Å²) in [5, 5.41) is 11.4. The highest BCUT2D eigenvalue weighted by molar-refractivity contribution is 6.03. The van der Waals surface area contributed by atoms with Crippen molar-refractivity contribution in [2.75, 3.05) is 6.54 Å². The second-order valence-electron chi connectivity index (χ2n) is 8.31. The Morgan fingerprint density at radius 3 is 2.70 bits per heavy atom. The van der Waals surface area contributed by atoms with Crippen LogP contribution < -0.4 is 16.8 Å². The minimum absolute atomic E-state index is 0.158. The van der Waals surface area contributed by atoms with Crippen molar-refractivity contribution in [2.24, 2.45) is 11.5 Å². The molecular formula is C21H22N8O4. The zero-order valence-electron chi connectivity index (χ0n) is 17.5. The minimum atomic E-state index is -0.918. The highest BCUT2D eigenvalue weighted by atomic mass is 16.2.